The van der Waals surface area contributed by atoms with Gasteiger partial charge in [0.05, 0.1) is 0 Å². The Morgan fingerprint density at radius 1 is 0.889 bits per heavy atom. The van der Waals surface area contributed by atoms with E-state index in [9.17, 15) is 0 Å². The fraction of sp³-hybridized carbons (Fsp3) is 1.00. The molecule has 0 amide bonds. The van der Waals surface area contributed by atoms with Gasteiger partial charge in [-0.05, 0) is 0 Å². The molecule has 0 radical (unpaired) electrons. The van der Waals surface area contributed by atoms with Gasteiger partial charge in [-0.15, -0.1) is 0 Å². The van der Waals surface area contributed by atoms with Gasteiger partial charge in [0, 0.05) is 42.1 Å². The van der Waals surface area contributed by atoms with Crippen LogP contribution >= 0.6 is 0 Å². The summed E-state index contributed by atoms with van der Waals surface area (Å²) in [4.78, 5) is 0. The Bertz CT molecular complexity index is 32.1. The van der Waals surface area contributed by atoms with E-state index in [1.165, 1.54) is 0 Å². The van der Waals surface area contributed by atoms with Crippen molar-refractivity contribution < 1.29 is 42.1 Å². The quantitative estimate of drug-likeness (QED) is 0.557. The zero-order valence-corrected chi connectivity index (χ0v) is 9.85. The van der Waals surface area contributed by atoms with E-state index in [1.54, 1.807) is 0 Å². The second-order valence-electron chi connectivity index (χ2n) is 1.22. The summed E-state index contributed by atoms with van der Waals surface area (Å²) < 4.78 is 0. The van der Waals surface area contributed by atoms with Crippen LogP contribution in [0.15, 0.2) is 0 Å². The molecule has 0 unspecified atom stereocenters. The molecule has 0 heterocycles. The third-order valence-corrected chi connectivity index (χ3v) is 0.647. The molecule has 0 aromatic carbocycles. The van der Waals surface area contributed by atoms with Gasteiger partial charge in [0.25, 0.3) is 0 Å². The number of hydrogen-bond donors (Lipinski definition) is 0. The standard InChI is InChI=1S/C5H12N2.2Mo/c1-3-6-5-7-4-2;;/h3-5H2,1-2H3;;/q-2;;. The summed E-state index contributed by atoms with van der Waals surface area (Å²) >= 11 is 0. The smallest absolute Gasteiger partial charge is 0 e. The Morgan fingerprint density at radius 3 is 1.44 bits per heavy atom. The molecule has 0 saturated carbocycles. The van der Waals surface area contributed by atoms with Gasteiger partial charge in [0.1, 0.15) is 0 Å². The van der Waals surface area contributed by atoms with E-state index in [0.717, 1.165) is 13.1 Å². The zero-order valence-electron chi connectivity index (χ0n) is 5.83. The topological polar surface area (TPSA) is 28.2 Å². The molecule has 0 aliphatic carbocycles. The molecule has 0 saturated heterocycles. The molecule has 0 aromatic heterocycles. The fourth-order valence-corrected chi connectivity index (χ4v) is 0.271. The Hall–Kier alpha value is 1.30. The first-order valence-corrected chi connectivity index (χ1v) is 2.68. The Morgan fingerprint density at radius 2 is 1.22 bits per heavy atom. The SMILES string of the molecule is CC[N-]C[N-]CC.[Mo].[Mo]. The molecule has 0 aromatic rings. The van der Waals surface area contributed by atoms with Crippen molar-refractivity contribution in [3.63, 3.8) is 0 Å². The second kappa shape index (κ2) is 16.1. The van der Waals surface area contributed by atoms with E-state index >= 15 is 0 Å². The van der Waals surface area contributed by atoms with E-state index in [2.05, 4.69) is 10.6 Å². The molecule has 2 nitrogen and oxygen atoms in total. The summed E-state index contributed by atoms with van der Waals surface area (Å²) in [6.07, 6.45) is 0. The molecular weight excluding hydrogens is 280 g/mol. The molecule has 4 heteroatoms. The van der Waals surface area contributed by atoms with Crippen molar-refractivity contribution >= 4 is 0 Å². The van der Waals surface area contributed by atoms with Gasteiger partial charge < -0.3 is 10.6 Å². The molecule has 0 fully saturated rings. The Balaban J connectivity index is -0.000000180. The van der Waals surface area contributed by atoms with Gasteiger partial charge in [-0.3, -0.25) is 6.67 Å². The average Bonchev–Trinajstić information content (AvgIpc) is 1.69. The first-order chi connectivity index (χ1) is 3.41. The minimum Gasteiger partial charge on any atom is -0.681 e. The summed E-state index contributed by atoms with van der Waals surface area (Å²) in [5.74, 6) is 0. The van der Waals surface area contributed by atoms with Crippen molar-refractivity contribution in [2.24, 2.45) is 0 Å². The third-order valence-electron chi connectivity index (χ3n) is 0.647. The van der Waals surface area contributed by atoms with Crippen LogP contribution in [-0.4, -0.2) is 19.8 Å². The van der Waals surface area contributed by atoms with Crippen molar-refractivity contribution in [2.75, 3.05) is 19.8 Å². The average molecular weight is 292 g/mol. The van der Waals surface area contributed by atoms with Crippen molar-refractivity contribution in [3.05, 3.63) is 10.6 Å². The number of nitrogens with zero attached hydrogens (tertiary/aromatic N) is 2. The second-order valence-corrected chi connectivity index (χ2v) is 1.22. The predicted octanol–water partition coefficient (Wildman–Crippen LogP) is 1.73. The van der Waals surface area contributed by atoms with E-state index < -0.39 is 0 Å². The summed E-state index contributed by atoms with van der Waals surface area (Å²) in [6, 6.07) is 0. The minimum absolute atomic E-state index is 0. The van der Waals surface area contributed by atoms with Crippen LogP contribution in [0.25, 0.3) is 10.6 Å². The maximum Gasteiger partial charge on any atom is 0 e. The molecule has 0 bridgehead atoms. The maximum absolute atomic E-state index is 3.99. The first-order valence-electron chi connectivity index (χ1n) is 2.68. The van der Waals surface area contributed by atoms with Crippen LogP contribution in [0.5, 0.6) is 0 Å². The predicted molar refractivity (Wildman–Crippen MR) is 32.7 cm³/mol. The van der Waals surface area contributed by atoms with Gasteiger partial charge in [-0.2, -0.15) is 13.1 Å². The number of hydrogen-bond acceptors (Lipinski definition) is 0. The van der Waals surface area contributed by atoms with Gasteiger partial charge in [0.2, 0.25) is 0 Å². The molecule has 0 rings (SSSR count). The van der Waals surface area contributed by atoms with Crippen LogP contribution in [-0.2, 0) is 42.1 Å². The molecule has 0 spiro atoms. The molecular formula is C5H12Mo2N2-2. The van der Waals surface area contributed by atoms with Crippen molar-refractivity contribution in [3.8, 4) is 0 Å². The third kappa shape index (κ3) is 17.6. The van der Waals surface area contributed by atoms with Gasteiger partial charge in [-0.1, -0.05) is 13.8 Å². The van der Waals surface area contributed by atoms with Crippen LogP contribution < -0.4 is 0 Å². The van der Waals surface area contributed by atoms with Crippen LogP contribution in [0.3, 0.4) is 0 Å². The van der Waals surface area contributed by atoms with Crippen molar-refractivity contribution in [1.29, 1.82) is 0 Å². The first kappa shape index (κ1) is 16.7. The summed E-state index contributed by atoms with van der Waals surface area (Å²) in [5.41, 5.74) is 0. The molecule has 0 atom stereocenters. The van der Waals surface area contributed by atoms with E-state index in [1.807, 2.05) is 13.8 Å². The van der Waals surface area contributed by atoms with Gasteiger partial charge in [-0.25, -0.2) is 0 Å². The molecule has 0 N–H and O–H groups in total. The van der Waals surface area contributed by atoms with E-state index in [4.69, 9.17) is 0 Å². The van der Waals surface area contributed by atoms with Gasteiger partial charge in [0.15, 0.2) is 0 Å². The summed E-state index contributed by atoms with van der Waals surface area (Å²) in [6.45, 7) is 6.51. The number of rotatable bonds is 4. The molecule has 9 heavy (non-hydrogen) atoms. The van der Waals surface area contributed by atoms with E-state index in [0.29, 0.717) is 6.67 Å². The van der Waals surface area contributed by atoms with Crippen LogP contribution in [0.4, 0.5) is 0 Å². The molecule has 0 aliphatic heterocycles. The Kier molecular flexibility index (Phi) is 30.0. The normalized spacial score (nSPS) is 7.33. The van der Waals surface area contributed by atoms with Crippen molar-refractivity contribution in [1.82, 2.24) is 0 Å². The maximum atomic E-state index is 3.99. The molecule has 0 aliphatic rings. The zero-order chi connectivity index (χ0) is 5.54. The van der Waals surface area contributed by atoms with Crippen LogP contribution in [0.2, 0.25) is 0 Å². The summed E-state index contributed by atoms with van der Waals surface area (Å²) in [5, 5.41) is 7.99. The largest absolute Gasteiger partial charge is 0.681 e. The molecule has 56 valence electrons. The summed E-state index contributed by atoms with van der Waals surface area (Å²) in [7, 11) is 0. The fourth-order valence-electron chi connectivity index (χ4n) is 0.271. The van der Waals surface area contributed by atoms with Crippen LogP contribution in [0, 0.1) is 0 Å². The Labute approximate surface area is 86.1 Å². The van der Waals surface area contributed by atoms with E-state index in [-0.39, 0.29) is 42.1 Å². The van der Waals surface area contributed by atoms with Crippen molar-refractivity contribution in [2.45, 2.75) is 13.8 Å². The minimum atomic E-state index is 0. The monoisotopic (exact) mass is 296 g/mol. The van der Waals surface area contributed by atoms with Crippen LogP contribution in [0.1, 0.15) is 13.8 Å². The van der Waals surface area contributed by atoms with Gasteiger partial charge >= 0.3 is 0 Å².